The molecular weight excluding hydrogens is 342 g/mol. The summed E-state index contributed by atoms with van der Waals surface area (Å²) in [5.41, 5.74) is 6.10. The van der Waals surface area contributed by atoms with Gasteiger partial charge in [-0.2, -0.15) is 0 Å². The fraction of sp³-hybridized carbons (Fsp3) is 0.750. The lowest BCUT2D eigenvalue weighted by molar-refractivity contribution is -0.122. The SMILES string of the molecule is Cc1nc(S(=O)(=O)NCC(=O)NC2C3CCCC2CC(N)C3)cn1C. The smallest absolute Gasteiger partial charge is 0.260 e. The van der Waals surface area contributed by atoms with Gasteiger partial charge in [0.1, 0.15) is 5.82 Å². The van der Waals surface area contributed by atoms with E-state index in [1.807, 2.05) is 0 Å². The molecule has 9 heteroatoms. The highest BCUT2D eigenvalue weighted by Gasteiger charge is 2.39. The van der Waals surface area contributed by atoms with Crippen LogP contribution in [0.2, 0.25) is 0 Å². The molecule has 0 spiro atoms. The minimum atomic E-state index is -3.79. The first-order valence-electron chi connectivity index (χ1n) is 8.81. The van der Waals surface area contributed by atoms with Crippen LogP contribution in [0.3, 0.4) is 0 Å². The van der Waals surface area contributed by atoms with Crippen molar-refractivity contribution >= 4 is 15.9 Å². The highest BCUT2D eigenvalue weighted by atomic mass is 32.2. The Morgan fingerprint density at radius 1 is 1.36 bits per heavy atom. The summed E-state index contributed by atoms with van der Waals surface area (Å²) in [5, 5.41) is 2.97. The van der Waals surface area contributed by atoms with Crippen molar-refractivity contribution in [3.05, 3.63) is 12.0 Å². The molecule has 2 atom stereocenters. The molecule has 1 amide bonds. The summed E-state index contributed by atoms with van der Waals surface area (Å²) >= 11 is 0. The summed E-state index contributed by atoms with van der Waals surface area (Å²) in [6.45, 7) is 1.44. The molecule has 8 nitrogen and oxygen atoms in total. The van der Waals surface area contributed by atoms with E-state index in [9.17, 15) is 13.2 Å². The number of amides is 1. The number of carbonyl (C=O) groups is 1. The zero-order chi connectivity index (χ0) is 18.2. The van der Waals surface area contributed by atoms with E-state index in [4.69, 9.17) is 5.73 Å². The molecule has 0 aromatic carbocycles. The van der Waals surface area contributed by atoms with E-state index < -0.39 is 10.0 Å². The zero-order valence-electron chi connectivity index (χ0n) is 14.7. The van der Waals surface area contributed by atoms with E-state index in [2.05, 4.69) is 15.0 Å². The van der Waals surface area contributed by atoms with E-state index in [1.54, 1.807) is 18.5 Å². The summed E-state index contributed by atoms with van der Waals surface area (Å²) in [5.74, 6) is 1.10. The maximum Gasteiger partial charge on any atom is 0.260 e. The standard InChI is InChI=1S/C16H27N5O3S/c1-10-19-15(9-21(10)2)25(23,24)18-8-14(22)20-16-11-4-3-5-12(16)7-13(17)6-11/h9,11-13,16,18H,3-8,17H2,1-2H3,(H,20,22). The lowest BCUT2D eigenvalue weighted by atomic mass is 9.67. The van der Waals surface area contributed by atoms with Crippen LogP contribution in [-0.2, 0) is 21.9 Å². The van der Waals surface area contributed by atoms with E-state index in [0.29, 0.717) is 17.7 Å². The topological polar surface area (TPSA) is 119 Å². The summed E-state index contributed by atoms with van der Waals surface area (Å²) in [6, 6.07) is 0.331. The molecular formula is C16H27N5O3S. The third-order valence-electron chi connectivity index (χ3n) is 5.49. The van der Waals surface area contributed by atoms with Gasteiger partial charge in [-0.15, -0.1) is 0 Å². The van der Waals surface area contributed by atoms with Crippen LogP contribution in [0.1, 0.15) is 37.9 Å². The first-order valence-corrected chi connectivity index (χ1v) is 10.3. The molecule has 25 heavy (non-hydrogen) atoms. The molecule has 2 aliphatic rings. The Labute approximate surface area is 148 Å². The Hall–Kier alpha value is -1.45. The predicted molar refractivity (Wildman–Crippen MR) is 93.1 cm³/mol. The quantitative estimate of drug-likeness (QED) is 0.676. The van der Waals surface area contributed by atoms with Gasteiger partial charge in [-0.05, 0) is 44.4 Å². The fourth-order valence-corrected chi connectivity index (χ4v) is 5.17. The molecule has 2 aliphatic carbocycles. The number of nitrogens with zero attached hydrogens (tertiary/aromatic N) is 2. The van der Waals surface area contributed by atoms with Crippen molar-refractivity contribution in [2.75, 3.05) is 6.54 Å². The van der Waals surface area contributed by atoms with Gasteiger partial charge in [-0.3, -0.25) is 4.79 Å². The summed E-state index contributed by atoms with van der Waals surface area (Å²) in [7, 11) is -2.07. The van der Waals surface area contributed by atoms with E-state index in [-0.39, 0.29) is 29.6 Å². The average Bonchev–Trinajstić information content (AvgIpc) is 2.87. The molecule has 1 heterocycles. The lowest BCUT2D eigenvalue weighted by Gasteiger charge is -2.45. The number of nitrogens with two attached hydrogens (primary N) is 1. The monoisotopic (exact) mass is 369 g/mol. The molecule has 0 saturated heterocycles. The molecule has 4 N–H and O–H groups in total. The van der Waals surface area contributed by atoms with Gasteiger partial charge in [0.2, 0.25) is 5.91 Å². The molecule has 0 aliphatic heterocycles. The van der Waals surface area contributed by atoms with Crippen molar-refractivity contribution in [2.45, 2.75) is 56.1 Å². The number of carbonyl (C=O) groups excluding carboxylic acids is 1. The van der Waals surface area contributed by atoms with Crippen LogP contribution in [0.4, 0.5) is 0 Å². The van der Waals surface area contributed by atoms with Crippen LogP contribution in [0, 0.1) is 18.8 Å². The second-order valence-electron chi connectivity index (χ2n) is 7.34. The number of sulfonamides is 1. The Balaban J connectivity index is 1.58. The van der Waals surface area contributed by atoms with Crippen LogP contribution >= 0.6 is 0 Å². The first kappa shape index (κ1) is 18.3. The molecule has 2 fully saturated rings. The van der Waals surface area contributed by atoms with Gasteiger partial charge in [0.05, 0.1) is 6.54 Å². The second-order valence-corrected chi connectivity index (χ2v) is 9.05. The van der Waals surface area contributed by atoms with Gasteiger partial charge < -0.3 is 15.6 Å². The predicted octanol–water partition coefficient (Wildman–Crippen LogP) is 0.0290. The van der Waals surface area contributed by atoms with E-state index in [0.717, 1.165) is 25.7 Å². The van der Waals surface area contributed by atoms with Gasteiger partial charge in [0, 0.05) is 25.3 Å². The van der Waals surface area contributed by atoms with Crippen LogP contribution in [-0.4, -0.2) is 42.5 Å². The normalized spacial score (nSPS) is 29.4. The van der Waals surface area contributed by atoms with Crippen LogP contribution in [0.25, 0.3) is 0 Å². The van der Waals surface area contributed by atoms with E-state index in [1.165, 1.54) is 12.6 Å². The Morgan fingerprint density at radius 3 is 2.56 bits per heavy atom. The second kappa shape index (κ2) is 7.05. The minimum Gasteiger partial charge on any atom is -0.352 e. The number of hydrogen-bond acceptors (Lipinski definition) is 5. The number of hydrogen-bond donors (Lipinski definition) is 3. The van der Waals surface area contributed by atoms with Gasteiger partial charge in [0.15, 0.2) is 5.03 Å². The highest BCUT2D eigenvalue weighted by Crippen LogP contribution is 2.39. The number of nitrogens with one attached hydrogen (secondary N) is 2. The molecule has 1 aromatic heterocycles. The van der Waals surface area contributed by atoms with Crippen molar-refractivity contribution in [3.8, 4) is 0 Å². The molecule has 140 valence electrons. The summed E-state index contributed by atoms with van der Waals surface area (Å²) < 4.78 is 28.5. The minimum absolute atomic E-state index is 0.0687. The van der Waals surface area contributed by atoms with Crippen molar-refractivity contribution < 1.29 is 13.2 Å². The highest BCUT2D eigenvalue weighted by molar-refractivity contribution is 7.89. The largest absolute Gasteiger partial charge is 0.352 e. The molecule has 2 bridgehead atoms. The van der Waals surface area contributed by atoms with Crippen LogP contribution < -0.4 is 15.8 Å². The maximum absolute atomic E-state index is 12.3. The number of imidazole rings is 1. The Kier molecular flexibility index (Phi) is 5.17. The zero-order valence-corrected chi connectivity index (χ0v) is 15.6. The lowest BCUT2D eigenvalue weighted by Crippen LogP contribution is -2.55. The van der Waals surface area contributed by atoms with Crippen LogP contribution in [0.15, 0.2) is 11.2 Å². The van der Waals surface area contributed by atoms with Crippen molar-refractivity contribution in [1.29, 1.82) is 0 Å². The fourth-order valence-electron chi connectivity index (χ4n) is 4.15. The third-order valence-corrected chi connectivity index (χ3v) is 6.76. The molecule has 2 saturated carbocycles. The molecule has 0 radical (unpaired) electrons. The Morgan fingerprint density at radius 2 is 2.00 bits per heavy atom. The number of rotatable bonds is 5. The molecule has 3 rings (SSSR count). The molecule has 2 unspecified atom stereocenters. The first-order chi connectivity index (χ1) is 11.8. The summed E-state index contributed by atoms with van der Waals surface area (Å²) in [6.07, 6.45) is 6.63. The summed E-state index contributed by atoms with van der Waals surface area (Å²) in [4.78, 5) is 16.3. The van der Waals surface area contributed by atoms with Crippen LogP contribution in [0.5, 0.6) is 0 Å². The average molecular weight is 369 g/mol. The third kappa shape index (κ3) is 4.04. The van der Waals surface area contributed by atoms with Crippen molar-refractivity contribution in [3.63, 3.8) is 0 Å². The van der Waals surface area contributed by atoms with Gasteiger partial charge in [-0.1, -0.05) is 6.42 Å². The van der Waals surface area contributed by atoms with Crippen molar-refractivity contribution in [1.82, 2.24) is 19.6 Å². The van der Waals surface area contributed by atoms with E-state index >= 15 is 0 Å². The maximum atomic E-state index is 12.3. The Bertz CT molecular complexity index is 711. The number of fused-ring (bicyclic) bond motifs is 2. The number of aryl methyl sites for hydroxylation is 2. The van der Waals surface area contributed by atoms with Crippen molar-refractivity contribution in [2.24, 2.45) is 24.6 Å². The number of aromatic nitrogens is 2. The molecule has 1 aromatic rings. The van der Waals surface area contributed by atoms with Gasteiger partial charge in [0.25, 0.3) is 10.0 Å². The van der Waals surface area contributed by atoms with Gasteiger partial charge >= 0.3 is 0 Å². The van der Waals surface area contributed by atoms with Gasteiger partial charge in [-0.25, -0.2) is 18.1 Å².